The number of carbonyl (C=O) groups excluding carboxylic acids is 1. The number of furan rings is 1. The number of ether oxygens (including phenoxy) is 1. The van der Waals surface area contributed by atoms with Crippen LogP contribution >= 0.6 is 11.8 Å². The van der Waals surface area contributed by atoms with E-state index in [0.717, 1.165) is 48.7 Å². The van der Waals surface area contributed by atoms with Gasteiger partial charge in [0, 0.05) is 26.2 Å². The Bertz CT molecular complexity index is 822. The van der Waals surface area contributed by atoms with Gasteiger partial charge in [-0.25, -0.2) is 0 Å². The zero-order valence-corrected chi connectivity index (χ0v) is 18.8. The van der Waals surface area contributed by atoms with Gasteiger partial charge in [-0.2, -0.15) is 0 Å². The summed E-state index contributed by atoms with van der Waals surface area (Å²) in [5, 5.41) is 9.68. The molecular formula is C21H31N5O3S. The summed E-state index contributed by atoms with van der Waals surface area (Å²) in [7, 11) is 0. The van der Waals surface area contributed by atoms with Gasteiger partial charge in [-0.05, 0) is 44.7 Å². The fourth-order valence-corrected chi connectivity index (χ4v) is 4.96. The SMILES string of the molecule is CC1CCN(c2nnc(SCC(=O)N3CC(C)OC(C)C3)n2Cc2ccco2)CC1. The minimum Gasteiger partial charge on any atom is -0.467 e. The van der Waals surface area contributed by atoms with Gasteiger partial charge in [0.15, 0.2) is 5.16 Å². The highest BCUT2D eigenvalue weighted by Crippen LogP contribution is 2.27. The van der Waals surface area contributed by atoms with Crippen LogP contribution < -0.4 is 4.90 Å². The van der Waals surface area contributed by atoms with Crippen molar-refractivity contribution in [3.63, 3.8) is 0 Å². The van der Waals surface area contributed by atoms with E-state index in [1.54, 1.807) is 6.26 Å². The van der Waals surface area contributed by atoms with Crippen LogP contribution in [0.2, 0.25) is 0 Å². The number of rotatable bonds is 6. The second-order valence-electron chi connectivity index (χ2n) is 8.46. The van der Waals surface area contributed by atoms with Crippen molar-refractivity contribution in [1.29, 1.82) is 0 Å². The van der Waals surface area contributed by atoms with Crippen molar-refractivity contribution in [2.24, 2.45) is 5.92 Å². The molecule has 30 heavy (non-hydrogen) atoms. The first-order valence-corrected chi connectivity index (χ1v) is 11.7. The molecule has 0 radical (unpaired) electrons. The number of aromatic nitrogens is 3. The van der Waals surface area contributed by atoms with Gasteiger partial charge in [0.25, 0.3) is 0 Å². The van der Waals surface area contributed by atoms with E-state index in [1.807, 2.05) is 30.9 Å². The standard InChI is InChI=1S/C21H31N5O3S/c1-15-6-8-24(9-7-15)20-22-23-21(26(20)13-18-5-4-10-28-18)30-14-19(27)25-11-16(2)29-17(3)12-25/h4-5,10,15-17H,6-9,11-14H2,1-3H3. The maximum atomic E-state index is 12.8. The molecule has 2 atom stereocenters. The zero-order chi connectivity index (χ0) is 21.1. The summed E-state index contributed by atoms with van der Waals surface area (Å²) in [5.41, 5.74) is 0. The summed E-state index contributed by atoms with van der Waals surface area (Å²) in [6.45, 7) is 10.1. The molecule has 4 heterocycles. The molecule has 2 aliphatic heterocycles. The van der Waals surface area contributed by atoms with E-state index in [9.17, 15) is 4.79 Å². The van der Waals surface area contributed by atoms with Gasteiger partial charge in [0.2, 0.25) is 11.9 Å². The molecule has 2 aromatic rings. The number of hydrogen-bond acceptors (Lipinski definition) is 7. The van der Waals surface area contributed by atoms with Crippen molar-refractivity contribution in [1.82, 2.24) is 19.7 Å². The molecule has 2 fully saturated rings. The lowest BCUT2D eigenvalue weighted by molar-refractivity contribution is -0.140. The van der Waals surface area contributed by atoms with Crippen LogP contribution in [0.3, 0.4) is 0 Å². The van der Waals surface area contributed by atoms with Crippen LogP contribution in [0.4, 0.5) is 5.95 Å². The predicted octanol–water partition coefficient (Wildman–Crippen LogP) is 2.88. The number of nitrogens with zero attached hydrogens (tertiary/aromatic N) is 5. The van der Waals surface area contributed by atoms with Gasteiger partial charge in [-0.3, -0.25) is 9.36 Å². The third kappa shape index (κ3) is 5.00. The van der Waals surface area contributed by atoms with Crippen LogP contribution in [0, 0.1) is 5.92 Å². The molecular weight excluding hydrogens is 402 g/mol. The second kappa shape index (κ2) is 9.43. The molecule has 164 valence electrons. The van der Waals surface area contributed by atoms with E-state index in [0.29, 0.717) is 25.4 Å². The van der Waals surface area contributed by atoms with Crippen molar-refractivity contribution >= 4 is 23.6 Å². The van der Waals surface area contributed by atoms with Crippen molar-refractivity contribution < 1.29 is 13.9 Å². The summed E-state index contributed by atoms with van der Waals surface area (Å²) in [6, 6.07) is 3.84. The quantitative estimate of drug-likeness (QED) is 0.648. The third-order valence-electron chi connectivity index (χ3n) is 5.75. The first kappa shape index (κ1) is 21.2. The Hall–Kier alpha value is -2.00. The van der Waals surface area contributed by atoms with Gasteiger partial charge in [-0.15, -0.1) is 10.2 Å². The van der Waals surface area contributed by atoms with Gasteiger partial charge < -0.3 is 19.0 Å². The predicted molar refractivity (Wildman–Crippen MR) is 116 cm³/mol. The molecule has 1 amide bonds. The van der Waals surface area contributed by atoms with Crippen molar-refractivity contribution in [3.8, 4) is 0 Å². The van der Waals surface area contributed by atoms with Crippen LogP contribution in [0.1, 0.15) is 39.4 Å². The van der Waals surface area contributed by atoms with Gasteiger partial charge in [-0.1, -0.05) is 18.7 Å². The number of amides is 1. The van der Waals surface area contributed by atoms with Crippen molar-refractivity contribution in [3.05, 3.63) is 24.2 Å². The fraction of sp³-hybridized carbons (Fsp3) is 0.667. The number of hydrogen-bond donors (Lipinski definition) is 0. The smallest absolute Gasteiger partial charge is 0.233 e. The Balaban J connectivity index is 1.47. The van der Waals surface area contributed by atoms with Crippen LogP contribution in [-0.2, 0) is 16.1 Å². The lowest BCUT2D eigenvalue weighted by Crippen LogP contribution is -2.48. The summed E-state index contributed by atoms with van der Waals surface area (Å²) in [5.74, 6) is 2.91. The molecule has 0 spiro atoms. The Kier molecular flexibility index (Phi) is 6.67. The summed E-state index contributed by atoms with van der Waals surface area (Å²) in [4.78, 5) is 17.0. The molecule has 8 nitrogen and oxygen atoms in total. The normalized spacial score (nSPS) is 23.2. The maximum Gasteiger partial charge on any atom is 0.233 e. The van der Waals surface area contributed by atoms with E-state index >= 15 is 0 Å². The van der Waals surface area contributed by atoms with Gasteiger partial charge in [0.05, 0.1) is 30.8 Å². The minimum absolute atomic E-state index is 0.0680. The van der Waals surface area contributed by atoms with E-state index in [4.69, 9.17) is 9.15 Å². The highest BCUT2D eigenvalue weighted by molar-refractivity contribution is 7.99. The van der Waals surface area contributed by atoms with Crippen LogP contribution in [-0.4, -0.2) is 69.7 Å². The highest BCUT2D eigenvalue weighted by atomic mass is 32.2. The molecule has 2 aromatic heterocycles. The molecule has 0 N–H and O–H groups in total. The molecule has 0 bridgehead atoms. The second-order valence-corrected chi connectivity index (χ2v) is 9.40. The summed E-state index contributed by atoms with van der Waals surface area (Å²) < 4.78 is 13.4. The molecule has 0 saturated carbocycles. The number of piperidine rings is 1. The Morgan fingerprint density at radius 1 is 1.17 bits per heavy atom. The third-order valence-corrected chi connectivity index (χ3v) is 6.71. The topological polar surface area (TPSA) is 76.6 Å². The first-order chi connectivity index (χ1) is 14.5. The van der Waals surface area contributed by atoms with Crippen molar-refractivity contribution in [2.45, 2.75) is 57.5 Å². The van der Waals surface area contributed by atoms with Crippen LogP contribution in [0.15, 0.2) is 28.0 Å². The largest absolute Gasteiger partial charge is 0.467 e. The number of anilines is 1. The lowest BCUT2D eigenvalue weighted by Gasteiger charge is -2.35. The van der Waals surface area contributed by atoms with Crippen LogP contribution in [0.25, 0.3) is 0 Å². The molecule has 0 aliphatic carbocycles. The molecule has 2 aliphatic rings. The summed E-state index contributed by atoms with van der Waals surface area (Å²) in [6.07, 6.45) is 4.13. The number of thioether (sulfide) groups is 1. The molecule has 2 saturated heterocycles. The van der Waals surface area contributed by atoms with Crippen molar-refractivity contribution in [2.75, 3.05) is 36.8 Å². The minimum atomic E-state index is 0.0680. The summed E-state index contributed by atoms with van der Waals surface area (Å²) >= 11 is 1.45. The van der Waals surface area contributed by atoms with E-state index in [1.165, 1.54) is 11.8 Å². The Morgan fingerprint density at radius 2 is 1.90 bits per heavy atom. The molecule has 9 heteroatoms. The zero-order valence-electron chi connectivity index (χ0n) is 18.0. The highest BCUT2D eigenvalue weighted by Gasteiger charge is 2.27. The molecule has 4 rings (SSSR count). The van der Waals surface area contributed by atoms with Gasteiger partial charge >= 0.3 is 0 Å². The van der Waals surface area contributed by atoms with E-state index in [2.05, 4.69) is 26.6 Å². The number of morpholine rings is 1. The monoisotopic (exact) mass is 433 g/mol. The Labute approximate surface area is 181 Å². The fourth-order valence-electron chi connectivity index (χ4n) is 4.13. The molecule has 2 unspecified atom stereocenters. The number of carbonyl (C=O) groups is 1. The molecule has 0 aromatic carbocycles. The van der Waals surface area contributed by atoms with Crippen LogP contribution in [0.5, 0.6) is 0 Å². The van der Waals surface area contributed by atoms with Gasteiger partial charge in [0.1, 0.15) is 5.76 Å². The average Bonchev–Trinajstić information content (AvgIpc) is 3.37. The average molecular weight is 434 g/mol. The maximum absolute atomic E-state index is 12.8. The first-order valence-electron chi connectivity index (χ1n) is 10.8. The Morgan fingerprint density at radius 3 is 2.57 bits per heavy atom. The lowest BCUT2D eigenvalue weighted by atomic mass is 10.00. The van der Waals surface area contributed by atoms with E-state index in [-0.39, 0.29) is 18.1 Å². The van der Waals surface area contributed by atoms with E-state index < -0.39 is 0 Å².